The van der Waals surface area contributed by atoms with Crippen molar-refractivity contribution in [3.8, 4) is 5.75 Å². The molecule has 0 saturated heterocycles. The molecule has 0 aliphatic carbocycles. The molecule has 0 fully saturated rings. The Balaban J connectivity index is 2.72. The summed E-state index contributed by atoms with van der Waals surface area (Å²) in [6, 6.07) is 6.29. The predicted octanol–water partition coefficient (Wildman–Crippen LogP) is 2.11. The summed E-state index contributed by atoms with van der Waals surface area (Å²) in [5.41, 5.74) is 2.21. The van der Waals surface area contributed by atoms with Gasteiger partial charge in [0.15, 0.2) is 6.29 Å². The lowest BCUT2D eigenvalue weighted by Gasteiger charge is -2.20. The number of hydrogen-bond donors (Lipinski definition) is 1. The van der Waals surface area contributed by atoms with E-state index in [0.717, 1.165) is 11.3 Å². The minimum Gasteiger partial charge on any atom is -0.496 e. The molecule has 0 amide bonds. The summed E-state index contributed by atoms with van der Waals surface area (Å²) >= 11 is 0. The van der Waals surface area contributed by atoms with E-state index < -0.39 is 0 Å². The van der Waals surface area contributed by atoms with Crippen LogP contribution in [-0.2, 0) is 20.8 Å². The van der Waals surface area contributed by atoms with Crippen molar-refractivity contribution in [3.63, 3.8) is 0 Å². The van der Waals surface area contributed by atoms with Crippen LogP contribution in [0.1, 0.15) is 24.1 Å². The zero-order chi connectivity index (χ0) is 15.0. The molecule has 0 aliphatic heterocycles. The zero-order valence-electron chi connectivity index (χ0n) is 12.9. The third-order valence-electron chi connectivity index (χ3n) is 3.22. The van der Waals surface area contributed by atoms with Crippen LogP contribution < -0.4 is 10.1 Å². The van der Waals surface area contributed by atoms with Crippen LogP contribution in [0.2, 0.25) is 0 Å². The molecular formula is C15H25NO4. The van der Waals surface area contributed by atoms with E-state index in [9.17, 15) is 0 Å². The Labute approximate surface area is 121 Å². The Morgan fingerprint density at radius 1 is 1.10 bits per heavy atom. The molecule has 5 nitrogen and oxygen atoms in total. The number of nitrogens with one attached hydrogen (secondary N) is 1. The zero-order valence-corrected chi connectivity index (χ0v) is 12.9. The highest BCUT2D eigenvalue weighted by Crippen LogP contribution is 2.24. The van der Waals surface area contributed by atoms with Gasteiger partial charge in [-0.05, 0) is 24.6 Å². The number of ether oxygens (including phenoxy) is 4. The lowest BCUT2D eigenvalue weighted by Crippen LogP contribution is -2.31. The highest BCUT2D eigenvalue weighted by molar-refractivity contribution is 5.38. The lowest BCUT2D eigenvalue weighted by atomic mass is 10.0. The van der Waals surface area contributed by atoms with E-state index in [0.29, 0.717) is 13.2 Å². The summed E-state index contributed by atoms with van der Waals surface area (Å²) in [5.74, 6) is 0.842. The maximum absolute atomic E-state index is 5.33. The van der Waals surface area contributed by atoms with Crippen LogP contribution in [0.3, 0.4) is 0 Å². The van der Waals surface area contributed by atoms with Crippen LogP contribution in [0.15, 0.2) is 18.2 Å². The average molecular weight is 283 g/mol. The second kappa shape index (κ2) is 8.92. The fraction of sp³-hybridized carbons (Fsp3) is 0.600. The molecule has 1 N–H and O–H groups in total. The van der Waals surface area contributed by atoms with E-state index >= 15 is 0 Å². The monoisotopic (exact) mass is 283 g/mol. The second-order valence-electron chi connectivity index (χ2n) is 4.54. The molecule has 1 aromatic carbocycles. The average Bonchev–Trinajstić information content (AvgIpc) is 2.48. The summed E-state index contributed by atoms with van der Waals surface area (Å²) in [6.45, 7) is 3.25. The molecule has 0 aliphatic rings. The van der Waals surface area contributed by atoms with Crippen LogP contribution in [-0.4, -0.2) is 41.3 Å². The summed E-state index contributed by atoms with van der Waals surface area (Å²) in [6.07, 6.45) is -0.242. The molecule has 0 saturated carbocycles. The van der Waals surface area contributed by atoms with E-state index in [1.54, 1.807) is 28.4 Å². The summed E-state index contributed by atoms with van der Waals surface area (Å²) < 4.78 is 20.8. The van der Waals surface area contributed by atoms with Crippen molar-refractivity contribution in [1.29, 1.82) is 0 Å². The minimum atomic E-state index is -0.242. The van der Waals surface area contributed by atoms with Gasteiger partial charge in [0.2, 0.25) is 0 Å². The van der Waals surface area contributed by atoms with Crippen molar-refractivity contribution in [3.05, 3.63) is 29.3 Å². The Morgan fingerprint density at radius 2 is 1.80 bits per heavy atom. The van der Waals surface area contributed by atoms with Crippen LogP contribution in [0.5, 0.6) is 5.75 Å². The fourth-order valence-electron chi connectivity index (χ4n) is 1.99. The van der Waals surface area contributed by atoms with Gasteiger partial charge in [-0.25, -0.2) is 0 Å². The topological polar surface area (TPSA) is 49.0 Å². The molecule has 0 spiro atoms. The first-order valence-corrected chi connectivity index (χ1v) is 6.61. The number of hydrogen-bond acceptors (Lipinski definition) is 5. The standard InChI is InChI=1S/C15H25NO4/c1-11(16-9-15(19-4)20-5)12-6-7-14(18-3)13(8-12)10-17-2/h6-8,11,15-16H,9-10H2,1-5H3. The lowest BCUT2D eigenvalue weighted by molar-refractivity contribution is -0.0997. The molecule has 1 rings (SSSR count). The molecular weight excluding hydrogens is 258 g/mol. The Bertz CT molecular complexity index is 393. The molecule has 5 heteroatoms. The molecule has 0 aromatic heterocycles. The van der Waals surface area contributed by atoms with Crippen LogP contribution >= 0.6 is 0 Å². The van der Waals surface area contributed by atoms with Crippen molar-refractivity contribution in [1.82, 2.24) is 5.32 Å². The highest BCUT2D eigenvalue weighted by atomic mass is 16.7. The van der Waals surface area contributed by atoms with Gasteiger partial charge < -0.3 is 24.3 Å². The molecule has 114 valence electrons. The van der Waals surface area contributed by atoms with Gasteiger partial charge in [0, 0.05) is 39.5 Å². The van der Waals surface area contributed by atoms with Crippen molar-refractivity contribution >= 4 is 0 Å². The van der Waals surface area contributed by atoms with E-state index in [2.05, 4.69) is 18.3 Å². The third kappa shape index (κ3) is 4.76. The molecule has 0 heterocycles. The number of rotatable bonds is 9. The van der Waals surface area contributed by atoms with Gasteiger partial charge in [-0.15, -0.1) is 0 Å². The van der Waals surface area contributed by atoms with Gasteiger partial charge in [-0.3, -0.25) is 0 Å². The third-order valence-corrected chi connectivity index (χ3v) is 3.22. The summed E-state index contributed by atoms with van der Waals surface area (Å²) in [4.78, 5) is 0. The van der Waals surface area contributed by atoms with E-state index in [1.807, 2.05) is 12.1 Å². The maximum atomic E-state index is 5.33. The number of methoxy groups -OCH3 is 4. The van der Waals surface area contributed by atoms with Crippen molar-refractivity contribution in [2.45, 2.75) is 25.9 Å². The normalized spacial score (nSPS) is 12.7. The maximum Gasteiger partial charge on any atom is 0.169 e. The molecule has 1 unspecified atom stereocenters. The molecule has 1 atom stereocenters. The molecule has 20 heavy (non-hydrogen) atoms. The van der Waals surface area contributed by atoms with Gasteiger partial charge >= 0.3 is 0 Å². The largest absolute Gasteiger partial charge is 0.496 e. The van der Waals surface area contributed by atoms with Gasteiger partial charge in [0.25, 0.3) is 0 Å². The predicted molar refractivity (Wildman–Crippen MR) is 77.9 cm³/mol. The van der Waals surface area contributed by atoms with Crippen molar-refractivity contribution in [2.24, 2.45) is 0 Å². The Morgan fingerprint density at radius 3 is 2.35 bits per heavy atom. The fourth-order valence-corrected chi connectivity index (χ4v) is 1.99. The van der Waals surface area contributed by atoms with Crippen LogP contribution in [0, 0.1) is 0 Å². The number of benzene rings is 1. The van der Waals surface area contributed by atoms with Crippen molar-refractivity contribution < 1.29 is 18.9 Å². The van der Waals surface area contributed by atoms with Crippen molar-refractivity contribution in [2.75, 3.05) is 35.0 Å². The van der Waals surface area contributed by atoms with E-state index in [1.165, 1.54) is 5.56 Å². The summed E-state index contributed by atoms with van der Waals surface area (Å²) in [5, 5.41) is 3.38. The first-order valence-electron chi connectivity index (χ1n) is 6.61. The summed E-state index contributed by atoms with van der Waals surface area (Å²) in [7, 11) is 6.60. The van der Waals surface area contributed by atoms with Gasteiger partial charge in [-0.2, -0.15) is 0 Å². The Kier molecular flexibility index (Phi) is 7.54. The van der Waals surface area contributed by atoms with E-state index in [-0.39, 0.29) is 12.3 Å². The minimum absolute atomic E-state index is 0.185. The SMILES string of the molecule is COCc1cc(C(C)NCC(OC)OC)ccc1OC. The first kappa shape index (κ1) is 16.9. The van der Waals surface area contributed by atoms with Gasteiger partial charge in [0.05, 0.1) is 13.7 Å². The van der Waals surface area contributed by atoms with Crippen LogP contribution in [0.25, 0.3) is 0 Å². The molecule has 0 bridgehead atoms. The molecule has 0 radical (unpaired) electrons. The highest BCUT2D eigenvalue weighted by Gasteiger charge is 2.12. The Hall–Kier alpha value is -1.14. The second-order valence-corrected chi connectivity index (χ2v) is 4.54. The van der Waals surface area contributed by atoms with Gasteiger partial charge in [-0.1, -0.05) is 6.07 Å². The van der Waals surface area contributed by atoms with Gasteiger partial charge in [0.1, 0.15) is 5.75 Å². The quantitative estimate of drug-likeness (QED) is 0.703. The molecule has 1 aromatic rings. The smallest absolute Gasteiger partial charge is 0.169 e. The van der Waals surface area contributed by atoms with E-state index in [4.69, 9.17) is 18.9 Å². The van der Waals surface area contributed by atoms with Crippen LogP contribution in [0.4, 0.5) is 0 Å². The first-order chi connectivity index (χ1) is 9.65.